The first kappa shape index (κ1) is 26.1. The van der Waals surface area contributed by atoms with E-state index in [0.29, 0.717) is 32.3 Å². The van der Waals surface area contributed by atoms with Gasteiger partial charge in [-0.05, 0) is 31.3 Å². The number of aliphatic imine (C=N–C) groups is 1. The molecule has 1 heterocycles. The predicted octanol–water partition coefficient (Wildman–Crippen LogP) is 4.37. The molecule has 0 saturated carbocycles. The third-order valence-corrected chi connectivity index (χ3v) is 5.21. The van der Waals surface area contributed by atoms with Gasteiger partial charge >= 0.3 is 0 Å². The lowest BCUT2D eigenvalue weighted by atomic mass is 10.2. The molecule has 0 fully saturated rings. The largest absolute Gasteiger partial charge is 0.492 e. The number of guanidine groups is 1. The van der Waals surface area contributed by atoms with Gasteiger partial charge in [0, 0.05) is 43.9 Å². The zero-order valence-corrected chi connectivity index (χ0v) is 21.6. The maximum absolute atomic E-state index is 6.06. The van der Waals surface area contributed by atoms with Crippen molar-refractivity contribution >= 4 is 35.6 Å². The highest BCUT2D eigenvalue weighted by atomic mass is 127. The molecule has 2 aromatic carbocycles. The average molecular weight is 554 g/mol. The van der Waals surface area contributed by atoms with Crippen LogP contribution in [0.2, 0.25) is 0 Å². The van der Waals surface area contributed by atoms with Gasteiger partial charge in [0.2, 0.25) is 0 Å². The first-order valence-corrected chi connectivity index (χ1v) is 11.0. The van der Waals surface area contributed by atoms with E-state index in [4.69, 9.17) is 14.2 Å². The van der Waals surface area contributed by atoms with Gasteiger partial charge in [-0.2, -0.15) is 0 Å². The molecular weight excluding hydrogens is 519 g/mol. The van der Waals surface area contributed by atoms with Crippen molar-refractivity contribution in [3.05, 3.63) is 48.0 Å². The molecule has 0 unspecified atom stereocenters. The molecule has 1 aliphatic rings. The summed E-state index contributed by atoms with van der Waals surface area (Å²) >= 11 is 0. The van der Waals surface area contributed by atoms with Crippen molar-refractivity contribution in [2.45, 2.75) is 26.8 Å². The second-order valence-electron chi connectivity index (χ2n) is 7.25. The highest BCUT2D eigenvalue weighted by Gasteiger charge is 2.12. The number of nitrogens with one attached hydrogen (secondary N) is 2. The van der Waals surface area contributed by atoms with Gasteiger partial charge in [0.1, 0.15) is 12.4 Å². The Labute approximate surface area is 208 Å². The third-order valence-electron chi connectivity index (χ3n) is 5.21. The lowest BCUT2D eigenvalue weighted by Crippen LogP contribution is -2.30. The van der Waals surface area contributed by atoms with E-state index >= 15 is 0 Å². The summed E-state index contributed by atoms with van der Waals surface area (Å²) < 4.78 is 17.5. The molecule has 0 bridgehead atoms. The Hall–Kier alpha value is -2.20. The van der Waals surface area contributed by atoms with Crippen LogP contribution in [0.1, 0.15) is 25.8 Å². The van der Waals surface area contributed by atoms with Gasteiger partial charge < -0.3 is 29.7 Å². The molecule has 7 nitrogen and oxygen atoms in total. The van der Waals surface area contributed by atoms with Crippen molar-refractivity contribution in [3.8, 4) is 17.2 Å². The fourth-order valence-electron chi connectivity index (χ4n) is 3.35. The van der Waals surface area contributed by atoms with Crippen LogP contribution in [0.15, 0.2) is 47.5 Å². The van der Waals surface area contributed by atoms with E-state index in [1.165, 1.54) is 0 Å². The van der Waals surface area contributed by atoms with Gasteiger partial charge in [-0.1, -0.05) is 32.0 Å². The lowest BCUT2D eigenvalue weighted by Gasteiger charge is -2.19. The number of para-hydroxylation sites is 1. The van der Waals surface area contributed by atoms with Crippen LogP contribution in [0.25, 0.3) is 0 Å². The minimum Gasteiger partial charge on any atom is -0.492 e. The summed E-state index contributed by atoms with van der Waals surface area (Å²) in [5.41, 5.74) is 1.98. The van der Waals surface area contributed by atoms with Gasteiger partial charge in [-0.15, -0.1) is 24.0 Å². The number of anilines is 1. The first-order chi connectivity index (χ1) is 15.2. The Morgan fingerprint density at radius 2 is 1.81 bits per heavy atom. The number of hydrogen-bond acceptors (Lipinski definition) is 5. The Kier molecular flexibility index (Phi) is 11.4. The molecule has 0 spiro atoms. The normalized spacial score (nSPS) is 13.2. The number of benzene rings is 2. The fraction of sp³-hybridized carbons (Fsp3) is 0.458. The molecule has 0 radical (unpaired) electrons. The number of nitrogens with zero attached hydrogens (tertiary/aromatic N) is 2. The minimum absolute atomic E-state index is 0. The van der Waals surface area contributed by atoms with Crippen LogP contribution in [0, 0.1) is 0 Å². The molecule has 3 rings (SSSR count). The number of ether oxygens (including phenoxy) is 3. The Balaban J connectivity index is 0.00000363. The summed E-state index contributed by atoms with van der Waals surface area (Å²) in [6, 6.07) is 13.9. The smallest absolute Gasteiger partial charge is 0.195 e. The standard InChI is InChI=1S/C24H34N4O3.HI/c1-4-28(5-2)13-16-31-21-10-7-6-9-19(21)18-26-24(25-3)27-20-11-12-22-23(17-20)30-15-8-14-29-22;/h6-7,9-12,17H,4-5,8,13-16,18H2,1-3H3,(H2,25,26,27);1H. The SMILES string of the molecule is CCN(CC)CCOc1ccccc1CNC(=NC)Nc1ccc2c(c1)OCCCO2.I. The molecule has 176 valence electrons. The summed E-state index contributed by atoms with van der Waals surface area (Å²) in [6.07, 6.45) is 0.886. The van der Waals surface area contributed by atoms with E-state index in [2.05, 4.69) is 40.4 Å². The molecule has 0 amide bonds. The van der Waals surface area contributed by atoms with Crippen molar-refractivity contribution in [1.82, 2.24) is 10.2 Å². The van der Waals surface area contributed by atoms with Gasteiger partial charge in [-0.3, -0.25) is 4.99 Å². The minimum atomic E-state index is 0. The van der Waals surface area contributed by atoms with Gasteiger partial charge in [-0.25, -0.2) is 0 Å². The predicted molar refractivity (Wildman–Crippen MR) is 141 cm³/mol. The summed E-state index contributed by atoms with van der Waals surface area (Å²) in [5.74, 6) is 3.10. The molecule has 2 aromatic rings. The highest BCUT2D eigenvalue weighted by molar-refractivity contribution is 14.0. The molecule has 0 saturated heterocycles. The van der Waals surface area contributed by atoms with E-state index in [9.17, 15) is 0 Å². The van der Waals surface area contributed by atoms with Crippen LogP contribution in [-0.2, 0) is 6.54 Å². The van der Waals surface area contributed by atoms with Crippen LogP contribution in [-0.4, -0.2) is 57.4 Å². The second kappa shape index (κ2) is 14.1. The number of fused-ring (bicyclic) bond motifs is 1. The number of rotatable bonds is 9. The van der Waals surface area contributed by atoms with Crippen LogP contribution < -0.4 is 24.8 Å². The third kappa shape index (κ3) is 7.74. The molecule has 0 atom stereocenters. The van der Waals surface area contributed by atoms with E-state index in [1.54, 1.807) is 7.05 Å². The maximum atomic E-state index is 6.06. The number of hydrogen-bond donors (Lipinski definition) is 2. The zero-order valence-electron chi connectivity index (χ0n) is 19.2. The average Bonchev–Trinajstić information content (AvgIpc) is 3.05. The first-order valence-electron chi connectivity index (χ1n) is 11.0. The molecule has 0 aliphatic carbocycles. The summed E-state index contributed by atoms with van der Waals surface area (Å²) in [5, 5.41) is 6.68. The maximum Gasteiger partial charge on any atom is 0.195 e. The molecule has 8 heteroatoms. The molecule has 0 aromatic heterocycles. The summed E-state index contributed by atoms with van der Waals surface area (Å²) in [7, 11) is 1.75. The topological polar surface area (TPSA) is 67.4 Å². The van der Waals surface area contributed by atoms with Crippen molar-refractivity contribution in [2.24, 2.45) is 4.99 Å². The quantitative estimate of drug-likeness (QED) is 0.273. The van der Waals surface area contributed by atoms with Crippen LogP contribution in [0.4, 0.5) is 5.69 Å². The monoisotopic (exact) mass is 554 g/mol. The van der Waals surface area contributed by atoms with Gasteiger partial charge in [0.05, 0.1) is 13.2 Å². The zero-order chi connectivity index (χ0) is 21.9. The van der Waals surface area contributed by atoms with E-state index < -0.39 is 0 Å². The second-order valence-corrected chi connectivity index (χ2v) is 7.25. The number of likely N-dealkylation sites (N-methyl/N-ethyl adjacent to an activating group) is 1. The summed E-state index contributed by atoms with van der Waals surface area (Å²) in [6.45, 7) is 9.94. The highest BCUT2D eigenvalue weighted by Crippen LogP contribution is 2.32. The Morgan fingerprint density at radius 3 is 2.56 bits per heavy atom. The van der Waals surface area contributed by atoms with Crippen molar-refractivity contribution < 1.29 is 14.2 Å². The lowest BCUT2D eigenvalue weighted by molar-refractivity contribution is 0.221. The van der Waals surface area contributed by atoms with Crippen LogP contribution in [0.3, 0.4) is 0 Å². The van der Waals surface area contributed by atoms with E-state index in [1.807, 2.05) is 36.4 Å². The fourth-order valence-corrected chi connectivity index (χ4v) is 3.35. The van der Waals surface area contributed by atoms with E-state index in [-0.39, 0.29) is 24.0 Å². The molecule has 32 heavy (non-hydrogen) atoms. The van der Waals surface area contributed by atoms with Crippen LogP contribution in [0.5, 0.6) is 17.2 Å². The van der Waals surface area contributed by atoms with Crippen molar-refractivity contribution in [2.75, 3.05) is 51.8 Å². The van der Waals surface area contributed by atoms with Gasteiger partial charge in [0.15, 0.2) is 17.5 Å². The molecule has 1 aliphatic heterocycles. The van der Waals surface area contributed by atoms with Gasteiger partial charge in [0.25, 0.3) is 0 Å². The van der Waals surface area contributed by atoms with Crippen LogP contribution >= 0.6 is 24.0 Å². The molecule has 2 N–H and O–H groups in total. The summed E-state index contributed by atoms with van der Waals surface area (Å²) in [4.78, 5) is 6.69. The Bertz CT molecular complexity index is 859. The number of halogens is 1. The molecular formula is C24H35IN4O3. The Morgan fingerprint density at radius 1 is 1.06 bits per heavy atom. The van der Waals surface area contributed by atoms with Crippen molar-refractivity contribution in [3.63, 3.8) is 0 Å². The van der Waals surface area contributed by atoms with E-state index in [0.717, 1.165) is 54.6 Å². The van der Waals surface area contributed by atoms with Crippen molar-refractivity contribution in [1.29, 1.82) is 0 Å².